The summed E-state index contributed by atoms with van der Waals surface area (Å²) in [6.07, 6.45) is 0. The Labute approximate surface area is 134 Å². The normalized spacial score (nSPS) is 11.5. The van der Waals surface area contributed by atoms with Crippen LogP contribution in [0.5, 0.6) is 0 Å². The van der Waals surface area contributed by atoms with E-state index in [0.717, 1.165) is 5.69 Å². The molecule has 0 unspecified atom stereocenters. The molecule has 0 aromatic carbocycles. The lowest BCUT2D eigenvalue weighted by Crippen LogP contribution is -2.24. The SMILES string of the molecule is Cc1ccsc1CNC(=O)c1cc(Cl)nc(C(C)(C)C)c1. The van der Waals surface area contributed by atoms with Gasteiger partial charge < -0.3 is 5.32 Å². The number of pyridine rings is 1. The third-order valence-corrected chi connectivity index (χ3v) is 4.42. The van der Waals surface area contributed by atoms with Crippen LogP contribution in [-0.2, 0) is 12.0 Å². The number of nitrogens with zero attached hydrogens (tertiary/aromatic N) is 1. The Hall–Kier alpha value is -1.39. The molecule has 3 nitrogen and oxygen atoms in total. The summed E-state index contributed by atoms with van der Waals surface area (Å²) in [4.78, 5) is 17.8. The highest BCUT2D eigenvalue weighted by Crippen LogP contribution is 2.23. The minimum atomic E-state index is -0.149. The van der Waals surface area contributed by atoms with Crippen LogP contribution in [0.15, 0.2) is 23.6 Å². The van der Waals surface area contributed by atoms with Crippen LogP contribution in [0.4, 0.5) is 0 Å². The summed E-state index contributed by atoms with van der Waals surface area (Å²) in [5, 5.41) is 5.31. The highest BCUT2D eigenvalue weighted by molar-refractivity contribution is 7.10. The second-order valence-corrected chi connectivity index (χ2v) is 7.41. The Morgan fingerprint density at radius 3 is 2.67 bits per heavy atom. The number of hydrogen-bond acceptors (Lipinski definition) is 3. The lowest BCUT2D eigenvalue weighted by molar-refractivity contribution is 0.0951. The third kappa shape index (κ3) is 4.05. The molecule has 0 aliphatic rings. The van der Waals surface area contributed by atoms with Crippen LogP contribution in [-0.4, -0.2) is 10.9 Å². The average Bonchev–Trinajstić information content (AvgIpc) is 2.79. The van der Waals surface area contributed by atoms with E-state index in [0.29, 0.717) is 17.3 Å². The Morgan fingerprint density at radius 2 is 2.10 bits per heavy atom. The Morgan fingerprint density at radius 1 is 1.38 bits per heavy atom. The van der Waals surface area contributed by atoms with Gasteiger partial charge in [0, 0.05) is 21.5 Å². The zero-order chi connectivity index (χ0) is 15.6. The third-order valence-electron chi connectivity index (χ3n) is 3.20. The molecule has 0 saturated heterocycles. The van der Waals surface area contributed by atoms with Crippen molar-refractivity contribution in [2.24, 2.45) is 0 Å². The first-order chi connectivity index (χ1) is 9.77. The average molecular weight is 323 g/mol. The van der Waals surface area contributed by atoms with Crippen LogP contribution in [0, 0.1) is 6.92 Å². The van der Waals surface area contributed by atoms with Gasteiger partial charge in [0.25, 0.3) is 5.91 Å². The molecule has 0 aliphatic carbocycles. The topological polar surface area (TPSA) is 42.0 Å². The lowest BCUT2D eigenvalue weighted by Gasteiger charge is -2.18. The number of rotatable bonds is 3. The monoisotopic (exact) mass is 322 g/mol. The van der Waals surface area contributed by atoms with E-state index in [1.165, 1.54) is 10.4 Å². The summed E-state index contributed by atoms with van der Waals surface area (Å²) in [5.41, 5.74) is 2.41. The number of hydrogen-bond donors (Lipinski definition) is 1. The summed E-state index contributed by atoms with van der Waals surface area (Å²) in [7, 11) is 0. The second kappa shape index (κ2) is 6.16. The number of carbonyl (C=O) groups is 1. The van der Waals surface area contributed by atoms with Crippen molar-refractivity contribution in [3.63, 3.8) is 0 Å². The molecule has 0 aliphatic heterocycles. The van der Waals surface area contributed by atoms with Crippen molar-refractivity contribution in [1.29, 1.82) is 0 Å². The summed E-state index contributed by atoms with van der Waals surface area (Å²) < 4.78 is 0. The number of aromatic nitrogens is 1. The maximum absolute atomic E-state index is 12.3. The largest absolute Gasteiger partial charge is 0.347 e. The van der Waals surface area contributed by atoms with Gasteiger partial charge in [0.2, 0.25) is 0 Å². The van der Waals surface area contributed by atoms with Crippen LogP contribution < -0.4 is 5.32 Å². The Bertz CT molecular complexity index is 659. The van der Waals surface area contributed by atoms with Gasteiger partial charge in [-0.05, 0) is 36.1 Å². The molecule has 2 aromatic heterocycles. The molecular formula is C16H19ClN2OS. The zero-order valence-electron chi connectivity index (χ0n) is 12.7. The van der Waals surface area contributed by atoms with E-state index in [4.69, 9.17) is 11.6 Å². The maximum atomic E-state index is 12.3. The molecule has 0 fully saturated rings. The summed E-state index contributed by atoms with van der Waals surface area (Å²) in [6.45, 7) is 8.71. The van der Waals surface area contributed by atoms with Gasteiger partial charge in [0.1, 0.15) is 5.15 Å². The summed E-state index contributed by atoms with van der Waals surface area (Å²) >= 11 is 7.68. The molecule has 2 rings (SSSR count). The van der Waals surface area contributed by atoms with Gasteiger partial charge in [-0.2, -0.15) is 0 Å². The van der Waals surface area contributed by atoms with Crippen LogP contribution in [0.1, 0.15) is 47.3 Å². The van der Waals surface area contributed by atoms with Crippen molar-refractivity contribution >= 4 is 28.8 Å². The first-order valence-corrected chi connectivity index (χ1v) is 8.02. The summed E-state index contributed by atoms with van der Waals surface area (Å²) in [5.74, 6) is -0.127. The van der Waals surface area contributed by atoms with Crippen molar-refractivity contribution in [2.45, 2.75) is 39.7 Å². The Balaban J connectivity index is 2.16. The zero-order valence-corrected chi connectivity index (χ0v) is 14.2. The highest BCUT2D eigenvalue weighted by Gasteiger charge is 2.19. The molecule has 0 radical (unpaired) electrons. The maximum Gasteiger partial charge on any atom is 0.251 e. The quantitative estimate of drug-likeness (QED) is 0.854. The first kappa shape index (κ1) is 16.0. The Kier molecular flexibility index (Phi) is 4.69. The molecule has 1 N–H and O–H groups in total. The highest BCUT2D eigenvalue weighted by atomic mass is 35.5. The van der Waals surface area contributed by atoms with Crippen molar-refractivity contribution < 1.29 is 4.79 Å². The van der Waals surface area contributed by atoms with Gasteiger partial charge >= 0.3 is 0 Å². The standard InChI is InChI=1S/C16H19ClN2OS/c1-10-5-6-21-12(10)9-18-15(20)11-7-13(16(2,3)4)19-14(17)8-11/h5-8H,9H2,1-4H3,(H,18,20). The lowest BCUT2D eigenvalue weighted by atomic mass is 9.91. The fourth-order valence-corrected chi connectivity index (χ4v) is 2.91. The minimum Gasteiger partial charge on any atom is -0.347 e. The second-order valence-electron chi connectivity index (χ2n) is 6.02. The van der Waals surface area contributed by atoms with E-state index in [9.17, 15) is 4.79 Å². The van der Waals surface area contributed by atoms with Crippen molar-refractivity contribution in [3.05, 3.63) is 50.4 Å². The molecular weight excluding hydrogens is 304 g/mol. The summed E-state index contributed by atoms with van der Waals surface area (Å²) in [6, 6.07) is 5.46. The molecule has 21 heavy (non-hydrogen) atoms. The van der Waals surface area contributed by atoms with E-state index in [1.54, 1.807) is 17.4 Å². The van der Waals surface area contributed by atoms with Gasteiger partial charge in [-0.25, -0.2) is 4.98 Å². The van der Waals surface area contributed by atoms with Crippen LogP contribution in [0.2, 0.25) is 5.15 Å². The van der Waals surface area contributed by atoms with Gasteiger partial charge in [0.05, 0.1) is 6.54 Å². The fraction of sp³-hybridized carbons (Fsp3) is 0.375. The van der Waals surface area contributed by atoms with Crippen LogP contribution in [0.25, 0.3) is 0 Å². The number of thiophene rings is 1. The minimum absolute atomic E-state index is 0.127. The van der Waals surface area contributed by atoms with Crippen LogP contribution in [0.3, 0.4) is 0 Å². The van der Waals surface area contributed by atoms with E-state index in [2.05, 4.69) is 10.3 Å². The van der Waals surface area contributed by atoms with E-state index in [-0.39, 0.29) is 11.3 Å². The van der Waals surface area contributed by atoms with E-state index >= 15 is 0 Å². The number of carbonyl (C=O) groups excluding carboxylic acids is 1. The molecule has 0 saturated carbocycles. The molecule has 112 valence electrons. The van der Waals surface area contributed by atoms with Gasteiger partial charge in [-0.3, -0.25) is 4.79 Å². The van der Waals surface area contributed by atoms with Gasteiger partial charge in [-0.1, -0.05) is 32.4 Å². The molecule has 2 aromatic rings. The molecule has 0 bridgehead atoms. The fourth-order valence-electron chi connectivity index (χ4n) is 1.86. The van der Waals surface area contributed by atoms with Crippen molar-refractivity contribution in [3.8, 4) is 0 Å². The first-order valence-electron chi connectivity index (χ1n) is 6.76. The van der Waals surface area contributed by atoms with E-state index in [1.807, 2.05) is 45.2 Å². The number of aryl methyl sites for hydroxylation is 1. The molecule has 0 atom stereocenters. The molecule has 0 spiro atoms. The number of amides is 1. The van der Waals surface area contributed by atoms with Gasteiger partial charge in [-0.15, -0.1) is 11.3 Å². The molecule has 5 heteroatoms. The molecule has 1 amide bonds. The smallest absolute Gasteiger partial charge is 0.251 e. The van der Waals surface area contributed by atoms with Gasteiger partial charge in [0.15, 0.2) is 0 Å². The predicted octanol–water partition coefficient (Wildman–Crippen LogP) is 4.33. The van der Waals surface area contributed by atoms with E-state index < -0.39 is 0 Å². The van der Waals surface area contributed by atoms with Crippen molar-refractivity contribution in [2.75, 3.05) is 0 Å². The van der Waals surface area contributed by atoms with Crippen LogP contribution >= 0.6 is 22.9 Å². The molecule has 2 heterocycles. The predicted molar refractivity (Wildman–Crippen MR) is 88.2 cm³/mol. The van der Waals surface area contributed by atoms with Crippen molar-refractivity contribution in [1.82, 2.24) is 10.3 Å². The number of nitrogens with one attached hydrogen (secondary N) is 1. The number of halogens is 1.